The second-order valence-corrected chi connectivity index (χ2v) is 5.33. The summed E-state index contributed by atoms with van der Waals surface area (Å²) in [7, 11) is 1.66. The number of aromatic nitrogens is 2. The molecule has 0 aliphatic heterocycles. The molecule has 0 saturated heterocycles. The lowest BCUT2D eigenvalue weighted by molar-refractivity contribution is 0.102. The average Bonchev–Trinajstić information content (AvgIpc) is 2.54. The molecule has 0 aliphatic rings. The molecule has 1 aromatic carbocycles. The number of nitrogens with zero attached hydrogens (tertiary/aromatic N) is 2. The summed E-state index contributed by atoms with van der Waals surface area (Å²) in [6, 6.07) is 8.98. The van der Waals surface area contributed by atoms with Crippen molar-refractivity contribution in [1.82, 2.24) is 9.97 Å². The van der Waals surface area contributed by atoms with Crippen molar-refractivity contribution in [3.8, 4) is 0 Å². The lowest BCUT2D eigenvalue weighted by Crippen LogP contribution is -2.16. The van der Waals surface area contributed by atoms with Gasteiger partial charge in [-0.25, -0.2) is 9.97 Å². The van der Waals surface area contributed by atoms with Gasteiger partial charge in [0.25, 0.3) is 5.91 Å². The summed E-state index contributed by atoms with van der Waals surface area (Å²) in [6.07, 6.45) is 2.40. The molecular formula is C15H17BrN4O2. The highest BCUT2D eigenvalue weighted by Gasteiger charge is 2.10. The predicted molar refractivity (Wildman–Crippen MR) is 89.1 cm³/mol. The second kappa shape index (κ2) is 8.45. The summed E-state index contributed by atoms with van der Waals surface area (Å²) < 4.78 is 5.79. The highest BCUT2D eigenvalue weighted by atomic mass is 79.9. The summed E-state index contributed by atoms with van der Waals surface area (Å²) >= 11 is 3.39. The minimum atomic E-state index is -0.283. The molecule has 0 radical (unpaired) electrons. The van der Waals surface area contributed by atoms with Gasteiger partial charge in [0.2, 0.25) is 5.95 Å². The number of carbonyl (C=O) groups excluding carboxylic acids is 1. The van der Waals surface area contributed by atoms with E-state index >= 15 is 0 Å². The number of para-hydroxylation sites is 1. The van der Waals surface area contributed by atoms with Gasteiger partial charge in [-0.2, -0.15) is 0 Å². The van der Waals surface area contributed by atoms with Gasteiger partial charge in [0, 0.05) is 30.9 Å². The van der Waals surface area contributed by atoms with E-state index in [4.69, 9.17) is 4.74 Å². The minimum absolute atomic E-state index is 0.283. The SMILES string of the molecule is COCCCNc1nccc(C(=O)Nc2ccccc2Br)n1. The zero-order valence-electron chi connectivity index (χ0n) is 12.2. The molecule has 0 atom stereocenters. The number of methoxy groups -OCH3 is 1. The van der Waals surface area contributed by atoms with Crippen molar-refractivity contribution in [3.63, 3.8) is 0 Å². The van der Waals surface area contributed by atoms with E-state index in [-0.39, 0.29) is 5.91 Å². The molecule has 2 N–H and O–H groups in total. The fraction of sp³-hybridized carbons (Fsp3) is 0.267. The molecule has 0 bridgehead atoms. The van der Waals surface area contributed by atoms with Crippen LogP contribution in [-0.4, -0.2) is 36.1 Å². The number of benzene rings is 1. The number of nitrogens with one attached hydrogen (secondary N) is 2. The van der Waals surface area contributed by atoms with Crippen LogP contribution >= 0.6 is 15.9 Å². The largest absolute Gasteiger partial charge is 0.385 e. The summed E-state index contributed by atoms with van der Waals surface area (Å²) in [4.78, 5) is 20.5. The average molecular weight is 365 g/mol. The Hall–Kier alpha value is -1.99. The highest BCUT2D eigenvalue weighted by Crippen LogP contribution is 2.21. The molecule has 7 heteroatoms. The van der Waals surface area contributed by atoms with Crippen LogP contribution in [0.2, 0.25) is 0 Å². The molecule has 0 spiro atoms. The third-order valence-electron chi connectivity index (χ3n) is 2.82. The number of amides is 1. The van der Waals surface area contributed by atoms with Crippen molar-refractivity contribution in [2.75, 3.05) is 30.9 Å². The van der Waals surface area contributed by atoms with Crippen molar-refractivity contribution < 1.29 is 9.53 Å². The lowest BCUT2D eigenvalue weighted by Gasteiger charge is -2.08. The van der Waals surface area contributed by atoms with Crippen LogP contribution in [0.5, 0.6) is 0 Å². The van der Waals surface area contributed by atoms with Gasteiger partial charge in [0.1, 0.15) is 5.69 Å². The van der Waals surface area contributed by atoms with Gasteiger partial charge in [0.05, 0.1) is 5.69 Å². The summed E-state index contributed by atoms with van der Waals surface area (Å²) in [5.74, 6) is 0.144. The van der Waals surface area contributed by atoms with Gasteiger partial charge in [-0.15, -0.1) is 0 Å². The van der Waals surface area contributed by atoms with E-state index in [1.54, 1.807) is 19.4 Å². The molecule has 0 saturated carbocycles. The van der Waals surface area contributed by atoms with E-state index in [9.17, 15) is 4.79 Å². The first kappa shape index (κ1) is 16.4. The Bertz CT molecular complexity index is 636. The molecule has 1 heterocycles. The zero-order valence-corrected chi connectivity index (χ0v) is 13.8. The van der Waals surface area contributed by atoms with Crippen LogP contribution in [0.15, 0.2) is 41.0 Å². The van der Waals surface area contributed by atoms with Crippen LogP contribution < -0.4 is 10.6 Å². The van der Waals surface area contributed by atoms with Gasteiger partial charge in [-0.05, 0) is 40.5 Å². The molecule has 22 heavy (non-hydrogen) atoms. The van der Waals surface area contributed by atoms with Crippen LogP contribution in [0.4, 0.5) is 11.6 Å². The van der Waals surface area contributed by atoms with Gasteiger partial charge in [0.15, 0.2) is 0 Å². The summed E-state index contributed by atoms with van der Waals surface area (Å²) in [5, 5.41) is 5.86. The topological polar surface area (TPSA) is 76.1 Å². The fourth-order valence-electron chi connectivity index (χ4n) is 1.74. The Labute approximate surface area is 137 Å². The summed E-state index contributed by atoms with van der Waals surface area (Å²) in [5.41, 5.74) is 1.00. The van der Waals surface area contributed by atoms with E-state index in [0.717, 1.165) is 10.9 Å². The van der Waals surface area contributed by atoms with Crippen molar-refractivity contribution in [2.45, 2.75) is 6.42 Å². The fourth-order valence-corrected chi connectivity index (χ4v) is 2.12. The van der Waals surface area contributed by atoms with Crippen LogP contribution in [0, 0.1) is 0 Å². The van der Waals surface area contributed by atoms with Crippen LogP contribution in [0.3, 0.4) is 0 Å². The number of hydrogen-bond donors (Lipinski definition) is 2. The number of hydrogen-bond acceptors (Lipinski definition) is 5. The molecule has 116 valence electrons. The Morgan fingerprint density at radius 1 is 1.32 bits per heavy atom. The maximum Gasteiger partial charge on any atom is 0.274 e. The molecule has 0 fully saturated rings. The van der Waals surface area contributed by atoms with Crippen molar-refractivity contribution >= 4 is 33.5 Å². The highest BCUT2D eigenvalue weighted by molar-refractivity contribution is 9.10. The lowest BCUT2D eigenvalue weighted by atomic mass is 10.3. The maximum atomic E-state index is 12.2. The van der Waals surface area contributed by atoms with Crippen LogP contribution in [0.25, 0.3) is 0 Å². The number of rotatable bonds is 7. The third kappa shape index (κ3) is 4.78. The van der Waals surface area contributed by atoms with E-state index in [1.807, 2.05) is 24.3 Å². The quantitative estimate of drug-likeness (QED) is 0.738. The molecule has 2 rings (SSSR count). The van der Waals surface area contributed by atoms with Crippen LogP contribution in [0.1, 0.15) is 16.9 Å². The predicted octanol–water partition coefficient (Wildman–Crippen LogP) is 2.94. The maximum absolute atomic E-state index is 12.2. The molecule has 0 aliphatic carbocycles. The Balaban J connectivity index is 1.99. The van der Waals surface area contributed by atoms with Gasteiger partial charge in [-0.3, -0.25) is 4.79 Å². The first-order valence-corrected chi connectivity index (χ1v) is 7.61. The molecule has 6 nitrogen and oxygen atoms in total. The molecular weight excluding hydrogens is 348 g/mol. The number of ether oxygens (including phenoxy) is 1. The van der Waals surface area contributed by atoms with Crippen molar-refractivity contribution in [2.24, 2.45) is 0 Å². The normalized spacial score (nSPS) is 10.3. The number of anilines is 2. The third-order valence-corrected chi connectivity index (χ3v) is 3.51. The van der Waals surface area contributed by atoms with Crippen molar-refractivity contribution in [1.29, 1.82) is 0 Å². The molecule has 1 amide bonds. The van der Waals surface area contributed by atoms with E-state index in [2.05, 4.69) is 36.5 Å². The van der Waals surface area contributed by atoms with Crippen molar-refractivity contribution in [3.05, 3.63) is 46.7 Å². The number of halogens is 1. The Morgan fingerprint density at radius 2 is 2.14 bits per heavy atom. The Morgan fingerprint density at radius 3 is 2.91 bits per heavy atom. The minimum Gasteiger partial charge on any atom is -0.385 e. The van der Waals surface area contributed by atoms with Gasteiger partial charge < -0.3 is 15.4 Å². The zero-order chi connectivity index (χ0) is 15.8. The Kier molecular flexibility index (Phi) is 6.29. The van der Waals surface area contributed by atoms with E-state index in [1.165, 1.54) is 0 Å². The number of carbonyl (C=O) groups is 1. The molecule has 1 aromatic heterocycles. The molecule has 0 unspecified atom stereocenters. The monoisotopic (exact) mass is 364 g/mol. The smallest absolute Gasteiger partial charge is 0.274 e. The van der Waals surface area contributed by atoms with E-state index in [0.29, 0.717) is 30.5 Å². The summed E-state index contributed by atoms with van der Waals surface area (Å²) in [6.45, 7) is 1.35. The van der Waals surface area contributed by atoms with Crippen LogP contribution in [-0.2, 0) is 4.74 Å². The van der Waals surface area contributed by atoms with E-state index < -0.39 is 0 Å². The first-order valence-electron chi connectivity index (χ1n) is 6.82. The van der Waals surface area contributed by atoms with Gasteiger partial charge in [-0.1, -0.05) is 12.1 Å². The van der Waals surface area contributed by atoms with Gasteiger partial charge >= 0.3 is 0 Å². The first-order chi connectivity index (χ1) is 10.7. The second-order valence-electron chi connectivity index (χ2n) is 4.47. The standard InChI is InChI=1S/C15H17BrN4O2/c1-22-10-4-8-17-15-18-9-7-13(20-15)14(21)19-12-6-3-2-5-11(12)16/h2-3,5-7,9H,4,8,10H2,1H3,(H,19,21)(H,17,18,20). The molecule has 2 aromatic rings.